The van der Waals surface area contributed by atoms with E-state index < -0.39 is 21.7 Å². The number of fused-ring (bicyclic) bond motifs is 47. The van der Waals surface area contributed by atoms with Crippen LogP contribution in [0.3, 0.4) is 0 Å². The smallest absolute Gasteiger partial charge is 0.0720 e. The first kappa shape index (κ1) is 75.3. The molecule has 0 radical (unpaired) electrons. The molecule has 3 aromatic heterocycles. The molecule has 0 saturated carbocycles. The summed E-state index contributed by atoms with van der Waals surface area (Å²) in [6, 6.07) is 187. The van der Waals surface area contributed by atoms with Gasteiger partial charge in [0.1, 0.15) is 0 Å². The number of hydrogen-bond donors (Lipinski definition) is 0. The highest BCUT2D eigenvalue weighted by atomic mass is 15.1. The van der Waals surface area contributed by atoms with Gasteiger partial charge < -0.3 is 18.6 Å². The number of para-hydroxylation sites is 4. The van der Waals surface area contributed by atoms with Crippen LogP contribution < -0.4 is 4.90 Å². The Bertz CT molecular complexity index is 9220. The summed E-state index contributed by atoms with van der Waals surface area (Å²) in [5.74, 6) is 0. The van der Waals surface area contributed by atoms with Crippen molar-refractivity contribution in [1.29, 1.82) is 0 Å². The molecular formula is C132H82N4. The van der Waals surface area contributed by atoms with Crippen LogP contribution in [0, 0.1) is 0 Å². The van der Waals surface area contributed by atoms with Gasteiger partial charge in [0.2, 0.25) is 0 Å². The van der Waals surface area contributed by atoms with E-state index in [-0.39, 0.29) is 0 Å². The van der Waals surface area contributed by atoms with E-state index in [4.69, 9.17) is 0 Å². The molecule has 6 aliphatic rings. The second kappa shape index (κ2) is 28.1. The molecule has 4 spiro atoms. The van der Waals surface area contributed by atoms with Gasteiger partial charge in [0, 0.05) is 77.2 Å². The highest BCUT2D eigenvalue weighted by Gasteiger charge is 2.62. The Hall–Kier alpha value is -17.4. The third-order valence-electron chi connectivity index (χ3n) is 31.8. The fourth-order valence-electron chi connectivity index (χ4n) is 27.0. The van der Waals surface area contributed by atoms with Crippen LogP contribution in [-0.4, -0.2) is 13.7 Å². The van der Waals surface area contributed by atoms with Gasteiger partial charge in [-0.15, -0.1) is 0 Å². The maximum Gasteiger partial charge on any atom is 0.0720 e. The van der Waals surface area contributed by atoms with E-state index in [2.05, 4.69) is 516 Å². The molecule has 136 heavy (non-hydrogen) atoms. The summed E-state index contributed by atoms with van der Waals surface area (Å²) in [6.07, 6.45) is 0. The molecule has 0 amide bonds. The lowest BCUT2D eigenvalue weighted by Crippen LogP contribution is -2.43. The maximum absolute atomic E-state index is 2.57. The van der Waals surface area contributed by atoms with Crippen molar-refractivity contribution in [2.45, 2.75) is 21.7 Å². The maximum atomic E-state index is 2.57. The fourth-order valence-corrected chi connectivity index (χ4v) is 27.0. The van der Waals surface area contributed by atoms with Crippen LogP contribution in [-0.2, 0) is 21.7 Å². The zero-order valence-electron chi connectivity index (χ0n) is 74.1. The quantitative estimate of drug-likeness (QED) is 0.162. The minimum absolute atomic E-state index is 0.481. The lowest BCUT2D eigenvalue weighted by molar-refractivity contribution is 0.633. The molecule has 0 unspecified atom stereocenters. The fraction of sp³-hybridized carbons (Fsp3) is 0.0303. The number of aromatic nitrogens is 3. The second-order valence-corrected chi connectivity index (χ2v) is 37.7. The Balaban J connectivity index is 0.000000129. The van der Waals surface area contributed by atoms with Crippen LogP contribution >= 0.6 is 0 Å². The van der Waals surface area contributed by atoms with E-state index in [0.29, 0.717) is 0 Å². The first-order valence-electron chi connectivity index (χ1n) is 47.6. The molecule has 0 fully saturated rings. The van der Waals surface area contributed by atoms with Gasteiger partial charge >= 0.3 is 0 Å². The van der Waals surface area contributed by atoms with Crippen molar-refractivity contribution in [3.05, 3.63) is 586 Å². The molecule has 630 valence electrons. The third kappa shape index (κ3) is 9.51. The molecule has 0 aliphatic heterocycles. The predicted molar refractivity (Wildman–Crippen MR) is 562 cm³/mol. The minimum atomic E-state index is -0.575. The molecule has 0 atom stereocenters. The van der Waals surface area contributed by atoms with Crippen LogP contribution in [0.25, 0.3) is 149 Å². The summed E-state index contributed by atoms with van der Waals surface area (Å²) in [6.45, 7) is 0. The topological polar surface area (TPSA) is 18.0 Å². The monoisotopic (exact) mass is 1720 g/mol. The molecule has 4 nitrogen and oxygen atoms in total. The van der Waals surface area contributed by atoms with Crippen molar-refractivity contribution in [1.82, 2.24) is 13.7 Å². The number of rotatable bonds is 6. The molecule has 0 bridgehead atoms. The lowest BCUT2D eigenvalue weighted by atomic mass is 9.52. The number of anilines is 3. The molecule has 31 rings (SSSR count). The summed E-state index contributed by atoms with van der Waals surface area (Å²) in [5.41, 5.74) is 44.1. The van der Waals surface area contributed by atoms with Crippen molar-refractivity contribution >= 4 is 104 Å². The number of nitrogens with zero attached hydrogens (tertiary/aromatic N) is 4. The molecule has 22 aromatic carbocycles. The Kier molecular flexibility index (Phi) is 15.5. The Morgan fingerprint density at radius 1 is 0.154 bits per heavy atom. The van der Waals surface area contributed by atoms with Gasteiger partial charge in [-0.05, 0) is 241 Å². The largest absolute Gasteiger partial charge is 0.311 e. The Morgan fingerprint density at radius 3 is 0.838 bits per heavy atom. The predicted octanol–water partition coefficient (Wildman–Crippen LogP) is 32.5. The van der Waals surface area contributed by atoms with E-state index >= 15 is 0 Å². The number of hydrogen-bond acceptors (Lipinski definition) is 1. The summed E-state index contributed by atoms with van der Waals surface area (Å²) in [5, 5.41) is 12.5. The van der Waals surface area contributed by atoms with Gasteiger partial charge in [0.25, 0.3) is 0 Å². The Morgan fingerprint density at radius 2 is 0.434 bits per heavy atom. The zero-order chi connectivity index (χ0) is 88.9. The van der Waals surface area contributed by atoms with Crippen molar-refractivity contribution in [3.8, 4) is 61.6 Å². The van der Waals surface area contributed by atoms with E-state index in [1.807, 2.05) is 0 Å². The SMILES string of the molecule is c1ccc(-n2c3ccccc3c3cc(-n4c5ccc6c(c5c5ccc7ccccc7c54)-c4ccccc4C64c5ccccc5C5(c6ccccc6-c6ccccc65)c5ccccc54)ccc32)cc1.c1ccc(N(c2ccccc2)c2ccc(-n3c4ccc5c(c4c4ccc6ccccc6c43)-c3ccccc3C53c4ccccc4C4(c5ccccc5-c5ccccc54)c4ccccc43)cc2)cc1. The number of benzene rings is 22. The first-order valence-corrected chi connectivity index (χ1v) is 47.6. The summed E-state index contributed by atoms with van der Waals surface area (Å²) in [4.78, 5) is 2.33. The van der Waals surface area contributed by atoms with Crippen LogP contribution in [0.15, 0.2) is 497 Å². The van der Waals surface area contributed by atoms with Crippen LogP contribution in [0.2, 0.25) is 0 Å². The van der Waals surface area contributed by atoms with E-state index in [9.17, 15) is 0 Å². The average molecular weight is 1720 g/mol. The molecule has 25 aromatic rings. The van der Waals surface area contributed by atoms with E-state index in [1.165, 1.54) is 220 Å². The van der Waals surface area contributed by atoms with Gasteiger partial charge in [-0.25, -0.2) is 0 Å². The molecule has 0 saturated heterocycles. The second-order valence-electron chi connectivity index (χ2n) is 37.7. The van der Waals surface area contributed by atoms with Crippen molar-refractivity contribution in [2.75, 3.05) is 4.90 Å². The first-order chi connectivity index (χ1) is 67.5. The van der Waals surface area contributed by atoms with Crippen molar-refractivity contribution < 1.29 is 0 Å². The van der Waals surface area contributed by atoms with Crippen LogP contribution in [0.5, 0.6) is 0 Å². The van der Waals surface area contributed by atoms with Crippen molar-refractivity contribution in [2.24, 2.45) is 0 Å². The summed E-state index contributed by atoms with van der Waals surface area (Å²) >= 11 is 0. The molecule has 4 heteroatoms. The van der Waals surface area contributed by atoms with Crippen LogP contribution in [0.1, 0.15) is 89.0 Å². The van der Waals surface area contributed by atoms with Gasteiger partial charge in [0.05, 0.1) is 54.8 Å². The molecule has 3 heterocycles. The zero-order valence-corrected chi connectivity index (χ0v) is 74.1. The highest BCUT2D eigenvalue weighted by molar-refractivity contribution is 6.26. The summed E-state index contributed by atoms with van der Waals surface area (Å²) < 4.78 is 7.51. The molecule has 0 N–H and O–H groups in total. The van der Waals surface area contributed by atoms with Gasteiger partial charge in [-0.1, -0.05) is 400 Å². The van der Waals surface area contributed by atoms with E-state index in [0.717, 1.165) is 34.1 Å². The van der Waals surface area contributed by atoms with Crippen molar-refractivity contribution in [3.63, 3.8) is 0 Å². The minimum Gasteiger partial charge on any atom is -0.311 e. The standard InChI is InChI=1S/C66H40N2.C66H42N2/c1-2-19-42(20-3-1)67-59-33-17-9-24-47(59)50-40-43(35-38-60(50)67)68-61-39-37-58-62(63(61)49-36-34-41-18-4-5-21-44(41)64(49)68)48-25-8-12-28-53(48)66(58)56-31-15-13-29-54(56)65(55-30-14-16-32-57(55)66)51-26-10-6-22-45(51)46-23-7-11-27-52(46)65;1-3-20-44(21-4-1)67(45-22-5-2-6-23-45)46-36-38-47(39-37-46)68-61-42-41-60-62(63(61)52-40-35-43-19-7-8-24-48(43)64(52)68)51-27-11-14-30-55(51)66(60)58-33-17-15-31-56(58)65(57-32-16-18-34-59(57)66)53-28-12-9-25-49(53)50-26-10-13-29-54(50)65/h1-40H;1-42H. The van der Waals surface area contributed by atoms with Gasteiger partial charge in [0.15, 0.2) is 0 Å². The third-order valence-corrected chi connectivity index (χ3v) is 31.8. The Labute approximate surface area is 786 Å². The molecular weight excluding hydrogens is 1640 g/mol. The van der Waals surface area contributed by atoms with Gasteiger partial charge in [-0.2, -0.15) is 0 Å². The average Bonchev–Trinajstić information content (AvgIpc) is 1.47. The lowest BCUT2D eigenvalue weighted by Gasteiger charge is -2.48. The summed E-state index contributed by atoms with van der Waals surface area (Å²) in [7, 11) is 0. The van der Waals surface area contributed by atoms with Gasteiger partial charge in [-0.3, -0.25) is 0 Å². The highest BCUT2D eigenvalue weighted by Crippen LogP contribution is 2.71. The molecule has 6 aliphatic carbocycles. The van der Waals surface area contributed by atoms with Crippen LogP contribution in [0.4, 0.5) is 17.1 Å². The van der Waals surface area contributed by atoms with E-state index in [1.54, 1.807) is 0 Å². The normalized spacial score (nSPS) is 14.3.